The molecule has 1 rings (SSSR count). The molecular weight excluding hydrogens is 154 g/mol. The third-order valence-electron chi connectivity index (χ3n) is 2.40. The SMILES string of the molecule is CCC1(C)CC(=O)N(C)C(N)=N1. The first kappa shape index (κ1) is 9.03. The van der Waals surface area contributed by atoms with Crippen molar-refractivity contribution in [2.75, 3.05) is 7.05 Å². The van der Waals surface area contributed by atoms with Crippen molar-refractivity contribution < 1.29 is 4.79 Å². The minimum atomic E-state index is -0.284. The van der Waals surface area contributed by atoms with Crippen LogP contribution in [-0.4, -0.2) is 29.4 Å². The topological polar surface area (TPSA) is 58.7 Å². The van der Waals surface area contributed by atoms with E-state index in [0.29, 0.717) is 12.4 Å². The predicted octanol–water partition coefficient (Wildman–Crippen LogP) is 0.332. The van der Waals surface area contributed by atoms with Crippen molar-refractivity contribution in [1.29, 1.82) is 0 Å². The molecule has 0 radical (unpaired) electrons. The van der Waals surface area contributed by atoms with Gasteiger partial charge in [0.25, 0.3) is 0 Å². The summed E-state index contributed by atoms with van der Waals surface area (Å²) in [6.45, 7) is 3.96. The van der Waals surface area contributed by atoms with Crippen LogP contribution >= 0.6 is 0 Å². The molecule has 0 saturated carbocycles. The normalized spacial score (nSPS) is 30.4. The summed E-state index contributed by atoms with van der Waals surface area (Å²) in [5.41, 5.74) is 5.29. The fourth-order valence-corrected chi connectivity index (χ4v) is 1.17. The van der Waals surface area contributed by atoms with Crippen molar-refractivity contribution in [3.8, 4) is 0 Å². The van der Waals surface area contributed by atoms with E-state index in [4.69, 9.17) is 5.73 Å². The smallest absolute Gasteiger partial charge is 0.231 e. The molecule has 0 aromatic carbocycles. The van der Waals surface area contributed by atoms with E-state index in [1.165, 1.54) is 4.90 Å². The quantitative estimate of drug-likeness (QED) is 0.615. The number of hydrogen-bond acceptors (Lipinski definition) is 3. The van der Waals surface area contributed by atoms with Crippen LogP contribution < -0.4 is 5.73 Å². The molecule has 4 nitrogen and oxygen atoms in total. The molecule has 0 fully saturated rings. The third kappa shape index (κ3) is 1.42. The monoisotopic (exact) mass is 169 g/mol. The molecular formula is C8H15N3O. The number of amides is 1. The molecule has 1 heterocycles. The van der Waals surface area contributed by atoms with Gasteiger partial charge in [0.15, 0.2) is 5.96 Å². The molecule has 68 valence electrons. The van der Waals surface area contributed by atoms with Gasteiger partial charge in [-0.25, -0.2) is 4.99 Å². The Morgan fingerprint density at radius 3 is 2.75 bits per heavy atom. The van der Waals surface area contributed by atoms with E-state index in [0.717, 1.165) is 6.42 Å². The van der Waals surface area contributed by atoms with Crippen molar-refractivity contribution in [2.45, 2.75) is 32.2 Å². The Labute approximate surface area is 72.4 Å². The lowest BCUT2D eigenvalue weighted by Crippen LogP contribution is -2.48. The van der Waals surface area contributed by atoms with E-state index >= 15 is 0 Å². The lowest BCUT2D eigenvalue weighted by Gasteiger charge is -2.32. The minimum Gasteiger partial charge on any atom is -0.369 e. The van der Waals surface area contributed by atoms with Crippen molar-refractivity contribution in [3.63, 3.8) is 0 Å². The van der Waals surface area contributed by atoms with Crippen LogP contribution in [0.4, 0.5) is 0 Å². The van der Waals surface area contributed by atoms with Gasteiger partial charge in [-0.3, -0.25) is 9.69 Å². The Hall–Kier alpha value is -1.06. The number of carbonyl (C=O) groups is 1. The molecule has 1 unspecified atom stereocenters. The lowest BCUT2D eigenvalue weighted by atomic mass is 9.93. The summed E-state index contributed by atoms with van der Waals surface area (Å²) in [5, 5.41) is 0. The second-order valence-corrected chi connectivity index (χ2v) is 3.45. The van der Waals surface area contributed by atoms with E-state index in [2.05, 4.69) is 4.99 Å². The maximum absolute atomic E-state index is 11.3. The van der Waals surface area contributed by atoms with Gasteiger partial charge in [-0.15, -0.1) is 0 Å². The number of guanidine groups is 1. The molecule has 1 aliphatic rings. The van der Waals surface area contributed by atoms with E-state index in [-0.39, 0.29) is 11.4 Å². The van der Waals surface area contributed by atoms with Crippen LogP contribution in [0, 0.1) is 0 Å². The van der Waals surface area contributed by atoms with Gasteiger partial charge in [0.2, 0.25) is 5.91 Å². The first-order valence-corrected chi connectivity index (χ1v) is 4.10. The Bertz CT molecular complexity index is 236. The van der Waals surface area contributed by atoms with Crippen LogP contribution in [0.25, 0.3) is 0 Å². The summed E-state index contributed by atoms with van der Waals surface area (Å²) >= 11 is 0. The molecule has 0 aromatic heterocycles. The van der Waals surface area contributed by atoms with Crippen LogP contribution in [0.1, 0.15) is 26.7 Å². The number of rotatable bonds is 1. The van der Waals surface area contributed by atoms with Gasteiger partial charge < -0.3 is 5.73 Å². The zero-order chi connectivity index (χ0) is 9.35. The van der Waals surface area contributed by atoms with Gasteiger partial charge in [0.1, 0.15) is 0 Å². The molecule has 0 aliphatic carbocycles. The van der Waals surface area contributed by atoms with Crippen LogP contribution in [0.15, 0.2) is 4.99 Å². The molecule has 0 bridgehead atoms. The van der Waals surface area contributed by atoms with E-state index in [1.54, 1.807) is 7.05 Å². The largest absolute Gasteiger partial charge is 0.369 e. The lowest BCUT2D eigenvalue weighted by molar-refractivity contribution is -0.128. The molecule has 0 saturated heterocycles. The van der Waals surface area contributed by atoms with Crippen molar-refractivity contribution >= 4 is 11.9 Å². The molecule has 1 aliphatic heterocycles. The Morgan fingerprint density at radius 1 is 1.75 bits per heavy atom. The highest BCUT2D eigenvalue weighted by atomic mass is 16.2. The molecule has 12 heavy (non-hydrogen) atoms. The summed E-state index contributed by atoms with van der Waals surface area (Å²) in [5.74, 6) is 0.377. The number of hydrogen-bond donors (Lipinski definition) is 1. The fourth-order valence-electron chi connectivity index (χ4n) is 1.17. The van der Waals surface area contributed by atoms with Crippen LogP contribution in [0.2, 0.25) is 0 Å². The van der Waals surface area contributed by atoms with Crippen molar-refractivity contribution in [3.05, 3.63) is 0 Å². The second-order valence-electron chi connectivity index (χ2n) is 3.45. The number of carbonyl (C=O) groups excluding carboxylic acids is 1. The third-order valence-corrected chi connectivity index (χ3v) is 2.40. The van der Waals surface area contributed by atoms with E-state index in [9.17, 15) is 4.79 Å². The van der Waals surface area contributed by atoms with Crippen LogP contribution in [0.3, 0.4) is 0 Å². The Balaban J connectivity index is 2.94. The summed E-state index contributed by atoms with van der Waals surface area (Å²) < 4.78 is 0. The van der Waals surface area contributed by atoms with Crippen LogP contribution in [0.5, 0.6) is 0 Å². The highest BCUT2D eigenvalue weighted by Gasteiger charge is 2.32. The zero-order valence-electron chi connectivity index (χ0n) is 7.79. The fraction of sp³-hybridized carbons (Fsp3) is 0.750. The zero-order valence-corrected chi connectivity index (χ0v) is 7.79. The Kier molecular flexibility index (Phi) is 2.08. The summed E-state index contributed by atoms with van der Waals surface area (Å²) in [4.78, 5) is 17.0. The predicted molar refractivity (Wildman–Crippen MR) is 47.7 cm³/mol. The van der Waals surface area contributed by atoms with Crippen molar-refractivity contribution in [2.24, 2.45) is 10.7 Å². The number of aliphatic imine (C=N–C) groups is 1. The van der Waals surface area contributed by atoms with Crippen LogP contribution in [-0.2, 0) is 4.79 Å². The minimum absolute atomic E-state index is 0.0480. The van der Waals surface area contributed by atoms with Gasteiger partial charge in [-0.2, -0.15) is 0 Å². The highest BCUT2D eigenvalue weighted by molar-refractivity contribution is 5.98. The van der Waals surface area contributed by atoms with E-state index in [1.807, 2.05) is 13.8 Å². The average Bonchev–Trinajstić information content (AvgIpc) is 2.00. The number of nitrogens with zero attached hydrogens (tertiary/aromatic N) is 2. The van der Waals surface area contributed by atoms with Gasteiger partial charge in [-0.1, -0.05) is 6.92 Å². The van der Waals surface area contributed by atoms with Gasteiger partial charge in [-0.05, 0) is 13.3 Å². The molecule has 0 spiro atoms. The molecule has 0 aromatic rings. The maximum atomic E-state index is 11.3. The molecule has 4 heteroatoms. The summed E-state index contributed by atoms with van der Waals surface area (Å²) in [6.07, 6.45) is 1.30. The van der Waals surface area contributed by atoms with Gasteiger partial charge in [0.05, 0.1) is 12.0 Å². The first-order valence-electron chi connectivity index (χ1n) is 4.10. The van der Waals surface area contributed by atoms with Gasteiger partial charge in [0, 0.05) is 7.05 Å². The standard InChI is InChI=1S/C8H15N3O/c1-4-8(2)5-6(12)11(3)7(9)10-8/h4-5H2,1-3H3,(H2,9,10). The van der Waals surface area contributed by atoms with E-state index < -0.39 is 0 Å². The number of nitrogens with two attached hydrogens (primary N) is 1. The summed E-state index contributed by atoms with van der Waals surface area (Å²) in [7, 11) is 1.65. The van der Waals surface area contributed by atoms with Crippen molar-refractivity contribution in [1.82, 2.24) is 4.90 Å². The van der Waals surface area contributed by atoms with Gasteiger partial charge >= 0.3 is 0 Å². The molecule has 2 N–H and O–H groups in total. The molecule has 1 atom stereocenters. The summed E-state index contributed by atoms with van der Waals surface area (Å²) in [6, 6.07) is 0. The highest BCUT2D eigenvalue weighted by Crippen LogP contribution is 2.24. The Morgan fingerprint density at radius 2 is 2.33 bits per heavy atom. The molecule has 1 amide bonds. The second kappa shape index (κ2) is 2.77. The average molecular weight is 169 g/mol. The maximum Gasteiger partial charge on any atom is 0.231 e. The first-order chi connectivity index (χ1) is 5.48.